The summed E-state index contributed by atoms with van der Waals surface area (Å²) in [5, 5.41) is 0.235. The molecule has 0 bridgehead atoms. The number of pyridine rings is 1. The topological polar surface area (TPSA) is 39.2 Å². The van der Waals surface area contributed by atoms with E-state index in [4.69, 9.17) is 0 Å². The van der Waals surface area contributed by atoms with Gasteiger partial charge in [-0.15, -0.1) is 0 Å². The average molecular weight is 280 g/mol. The van der Waals surface area contributed by atoms with Crippen LogP contribution in [0, 0.1) is 0 Å². The number of aromatic nitrogens is 1. The lowest BCUT2D eigenvalue weighted by molar-refractivity contribution is 0.0593. The first kappa shape index (κ1) is 12.0. The number of hydrogen-bond acceptors (Lipinski definition) is 3. The van der Waals surface area contributed by atoms with E-state index in [-0.39, 0.29) is 16.6 Å². The number of halogens is 3. The van der Waals surface area contributed by atoms with Crippen LogP contribution in [0.2, 0.25) is 0 Å². The van der Waals surface area contributed by atoms with Crippen molar-refractivity contribution >= 4 is 21.9 Å². The number of methoxy groups -OCH3 is 1. The molecule has 0 saturated carbocycles. The quantitative estimate of drug-likeness (QED) is 0.631. The van der Waals surface area contributed by atoms with E-state index in [1.807, 2.05) is 0 Å². The second kappa shape index (κ2) is 5.16. The molecule has 15 heavy (non-hydrogen) atoms. The van der Waals surface area contributed by atoms with Gasteiger partial charge in [0.25, 0.3) is 6.43 Å². The molecule has 0 aliphatic heterocycles. The van der Waals surface area contributed by atoms with Crippen LogP contribution in [0.5, 0.6) is 0 Å². The summed E-state index contributed by atoms with van der Waals surface area (Å²) in [6, 6.07) is 1.29. The summed E-state index contributed by atoms with van der Waals surface area (Å²) in [6.07, 6.45) is -1.61. The Balaban J connectivity index is 3.13. The molecule has 3 nitrogen and oxygen atoms in total. The van der Waals surface area contributed by atoms with Crippen LogP contribution in [-0.4, -0.2) is 18.1 Å². The first-order chi connectivity index (χ1) is 7.10. The zero-order chi connectivity index (χ0) is 11.4. The summed E-state index contributed by atoms with van der Waals surface area (Å²) in [5.41, 5.74) is 0.177. The summed E-state index contributed by atoms with van der Waals surface area (Å²) in [7, 11) is 1.21. The normalized spacial score (nSPS) is 10.5. The third-order valence-corrected chi connectivity index (χ3v) is 2.40. The van der Waals surface area contributed by atoms with Gasteiger partial charge in [0.1, 0.15) is 5.69 Å². The van der Waals surface area contributed by atoms with Crippen LogP contribution < -0.4 is 0 Å². The van der Waals surface area contributed by atoms with Crippen molar-refractivity contribution in [1.82, 2.24) is 4.98 Å². The summed E-state index contributed by atoms with van der Waals surface area (Å²) >= 11 is 3.07. The average Bonchev–Trinajstić information content (AvgIpc) is 2.26. The lowest BCUT2D eigenvalue weighted by Crippen LogP contribution is -2.06. The van der Waals surface area contributed by atoms with E-state index in [2.05, 4.69) is 25.7 Å². The van der Waals surface area contributed by atoms with E-state index in [1.54, 1.807) is 0 Å². The third-order valence-electron chi connectivity index (χ3n) is 1.80. The highest BCUT2D eigenvalue weighted by molar-refractivity contribution is 9.08. The van der Waals surface area contributed by atoms with Crippen molar-refractivity contribution in [3.8, 4) is 0 Å². The Kier molecular flexibility index (Phi) is 4.14. The Hall–Kier alpha value is -1.04. The van der Waals surface area contributed by atoms with Gasteiger partial charge in [0.2, 0.25) is 0 Å². The molecule has 0 amide bonds. The van der Waals surface area contributed by atoms with Gasteiger partial charge < -0.3 is 4.74 Å². The number of hydrogen-bond donors (Lipinski definition) is 0. The molecule has 0 saturated heterocycles. The van der Waals surface area contributed by atoms with Crippen molar-refractivity contribution in [2.24, 2.45) is 0 Å². The first-order valence-electron chi connectivity index (χ1n) is 4.01. The standard InChI is InChI=1S/C9H8BrF2NO2/c1-15-9(14)7-2-5(3-10)6(4-13-7)8(11)12/h2,4,8H,3H2,1H3. The summed E-state index contributed by atoms with van der Waals surface area (Å²) < 4.78 is 29.3. The maximum atomic E-state index is 12.5. The molecule has 1 rings (SSSR count). The molecule has 0 aromatic carbocycles. The lowest BCUT2D eigenvalue weighted by Gasteiger charge is -2.07. The number of esters is 1. The fourth-order valence-corrected chi connectivity index (χ4v) is 1.52. The molecule has 0 radical (unpaired) electrons. The molecule has 1 aromatic heterocycles. The highest BCUT2D eigenvalue weighted by Gasteiger charge is 2.16. The molecule has 1 heterocycles. The Bertz CT molecular complexity index is 371. The van der Waals surface area contributed by atoms with Gasteiger partial charge >= 0.3 is 5.97 Å². The Morgan fingerprint density at radius 1 is 1.67 bits per heavy atom. The van der Waals surface area contributed by atoms with E-state index in [0.29, 0.717) is 5.56 Å². The van der Waals surface area contributed by atoms with Crippen molar-refractivity contribution < 1.29 is 18.3 Å². The van der Waals surface area contributed by atoms with E-state index < -0.39 is 12.4 Å². The predicted molar refractivity (Wildman–Crippen MR) is 53.2 cm³/mol. The van der Waals surface area contributed by atoms with E-state index in [1.165, 1.54) is 13.2 Å². The van der Waals surface area contributed by atoms with Crippen LogP contribution in [0.15, 0.2) is 12.3 Å². The van der Waals surface area contributed by atoms with Crippen LogP contribution in [0.25, 0.3) is 0 Å². The molecule has 0 spiro atoms. The molecule has 0 unspecified atom stereocenters. The number of nitrogens with zero attached hydrogens (tertiary/aromatic N) is 1. The molecule has 0 fully saturated rings. The van der Waals surface area contributed by atoms with Crippen LogP contribution in [0.3, 0.4) is 0 Å². The SMILES string of the molecule is COC(=O)c1cc(CBr)c(C(F)F)cn1. The summed E-state index contributed by atoms with van der Waals surface area (Å²) in [6.45, 7) is 0. The van der Waals surface area contributed by atoms with Gasteiger partial charge in [-0.1, -0.05) is 15.9 Å². The number of rotatable bonds is 3. The minimum absolute atomic E-state index is 0.0244. The summed E-state index contributed by atoms with van der Waals surface area (Å²) in [5.74, 6) is -0.641. The maximum absolute atomic E-state index is 12.5. The minimum Gasteiger partial charge on any atom is -0.464 e. The summed E-state index contributed by atoms with van der Waals surface area (Å²) in [4.78, 5) is 14.7. The van der Waals surface area contributed by atoms with E-state index in [9.17, 15) is 13.6 Å². The van der Waals surface area contributed by atoms with Crippen LogP contribution in [0.1, 0.15) is 28.0 Å². The first-order valence-corrected chi connectivity index (χ1v) is 5.13. The fraction of sp³-hybridized carbons (Fsp3) is 0.333. The van der Waals surface area contributed by atoms with E-state index >= 15 is 0 Å². The second-order valence-electron chi connectivity index (χ2n) is 2.69. The van der Waals surface area contributed by atoms with Gasteiger partial charge in [0.15, 0.2) is 0 Å². The Morgan fingerprint density at radius 3 is 2.80 bits per heavy atom. The number of alkyl halides is 3. The van der Waals surface area contributed by atoms with Gasteiger partial charge in [-0.05, 0) is 11.6 Å². The monoisotopic (exact) mass is 279 g/mol. The van der Waals surface area contributed by atoms with Gasteiger partial charge in [-0.3, -0.25) is 0 Å². The zero-order valence-electron chi connectivity index (χ0n) is 7.84. The molecule has 82 valence electrons. The molecular formula is C9H8BrF2NO2. The van der Waals surface area contributed by atoms with Crippen molar-refractivity contribution in [2.75, 3.05) is 7.11 Å². The molecular weight excluding hydrogens is 272 g/mol. The van der Waals surface area contributed by atoms with E-state index in [0.717, 1.165) is 6.20 Å². The Labute approximate surface area is 93.6 Å². The van der Waals surface area contributed by atoms with Crippen molar-refractivity contribution in [1.29, 1.82) is 0 Å². The van der Waals surface area contributed by atoms with Gasteiger partial charge in [0, 0.05) is 17.1 Å². The van der Waals surface area contributed by atoms with Crippen molar-refractivity contribution in [3.63, 3.8) is 0 Å². The predicted octanol–water partition coefficient (Wildman–Crippen LogP) is 2.70. The van der Waals surface area contributed by atoms with Gasteiger partial charge in [-0.2, -0.15) is 0 Å². The zero-order valence-corrected chi connectivity index (χ0v) is 9.42. The van der Waals surface area contributed by atoms with Crippen molar-refractivity contribution in [2.45, 2.75) is 11.8 Å². The van der Waals surface area contributed by atoms with Gasteiger partial charge in [0.05, 0.1) is 7.11 Å². The second-order valence-corrected chi connectivity index (χ2v) is 3.26. The third kappa shape index (κ3) is 2.71. The lowest BCUT2D eigenvalue weighted by atomic mass is 10.1. The fourth-order valence-electron chi connectivity index (χ4n) is 1.04. The maximum Gasteiger partial charge on any atom is 0.356 e. The largest absolute Gasteiger partial charge is 0.464 e. The highest BCUT2D eigenvalue weighted by atomic mass is 79.9. The number of carbonyl (C=O) groups excluding carboxylic acids is 1. The van der Waals surface area contributed by atoms with Crippen molar-refractivity contribution in [3.05, 3.63) is 29.1 Å². The van der Waals surface area contributed by atoms with Gasteiger partial charge in [-0.25, -0.2) is 18.6 Å². The smallest absolute Gasteiger partial charge is 0.356 e. The Morgan fingerprint density at radius 2 is 2.33 bits per heavy atom. The van der Waals surface area contributed by atoms with Crippen LogP contribution in [-0.2, 0) is 10.1 Å². The molecule has 0 aliphatic rings. The molecule has 0 N–H and O–H groups in total. The highest BCUT2D eigenvalue weighted by Crippen LogP contribution is 2.24. The minimum atomic E-state index is -2.60. The molecule has 1 aromatic rings. The number of carbonyl (C=O) groups is 1. The number of ether oxygens (including phenoxy) is 1. The molecule has 6 heteroatoms. The molecule has 0 aliphatic carbocycles. The van der Waals surface area contributed by atoms with Crippen LogP contribution >= 0.6 is 15.9 Å². The molecule has 0 atom stereocenters. The van der Waals surface area contributed by atoms with Crippen LogP contribution in [0.4, 0.5) is 8.78 Å².